The Kier molecular flexibility index (Phi) is 17.4. The van der Waals surface area contributed by atoms with E-state index in [1.54, 1.807) is 0 Å². The second kappa shape index (κ2) is 15.7. The number of allylic oxidation sites excluding steroid dienone is 4. The minimum absolute atomic E-state index is 1.15. The summed E-state index contributed by atoms with van der Waals surface area (Å²) in [6.45, 7) is 13.7. The zero-order valence-electron chi connectivity index (χ0n) is 10.9. The van der Waals surface area contributed by atoms with Crippen LogP contribution in [0, 0.1) is 0 Å². The lowest BCUT2D eigenvalue weighted by molar-refractivity contribution is 0.633. The summed E-state index contributed by atoms with van der Waals surface area (Å²) >= 11 is 0. The quantitative estimate of drug-likeness (QED) is 0.356. The Labute approximate surface area is 96.8 Å². The first-order chi connectivity index (χ1) is 7.35. The Bertz CT molecular complexity index is 163. The monoisotopic (exact) mass is 208 g/mol. The second-order valence-corrected chi connectivity index (χ2v) is 3.35. The van der Waals surface area contributed by atoms with Gasteiger partial charge in [-0.25, -0.2) is 0 Å². The fourth-order valence-corrected chi connectivity index (χ4v) is 1.34. The predicted molar refractivity (Wildman–Crippen MR) is 73.2 cm³/mol. The van der Waals surface area contributed by atoms with Crippen molar-refractivity contribution in [1.29, 1.82) is 0 Å². The van der Waals surface area contributed by atoms with Crippen molar-refractivity contribution in [3.63, 3.8) is 0 Å². The van der Waals surface area contributed by atoms with E-state index < -0.39 is 0 Å². The molecule has 0 nitrogen and oxygen atoms in total. The summed E-state index contributed by atoms with van der Waals surface area (Å²) in [5.74, 6) is 0. The van der Waals surface area contributed by atoms with Crippen LogP contribution < -0.4 is 0 Å². The summed E-state index contributed by atoms with van der Waals surface area (Å²) in [6.07, 6.45) is 13.7. The topological polar surface area (TPSA) is 0 Å². The highest BCUT2D eigenvalue weighted by atomic mass is 14.0. The van der Waals surface area contributed by atoms with Crippen LogP contribution in [0.4, 0.5) is 0 Å². The molecule has 0 rings (SSSR count). The Morgan fingerprint density at radius 1 is 1.00 bits per heavy atom. The lowest BCUT2D eigenvalue weighted by Crippen LogP contribution is -1.81. The van der Waals surface area contributed by atoms with Crippen molar-refractivity contribution >= 4 is 0 Å². The van der Waals surface area contributed by atoms with Gasteiger partial charge in [-0.05, 0) is 18.4 Å². The van der Waals surface area contributed by atoms with Gasteiger partial charge in [0.15, 0.2) is 0 Å². The number of unbranched alkanes of at least 4 members (excludes halogenated alkanes) is 4. The number of hydrogen-bond acceptors (Lipinski definition) is 0. The molecular weight excluding hydrogens is 180 g/mol. The van der Waals surface area contributed by atoms with Crippen molar-refractivity contribution < 1.29 is 0 Å². The zero-order chi connectivity index (χ0) is 11.9. The minimum atomic E-state index is 1.15. The Balaban J connectivity index is 0. The Hall–Kier alpha value is -0.780. The summed E-state index contributed by atoms with van der Waals surface area (Å²) in [7, 11) is 0. The first kappa shape index (κ1) is 16.6. The zero-order valence-corrected chi connectivity index (χ0v) is 10.9. The molecule has 0 fully saturated rings. The van der Waals surface area contributed by atoms with Crippen LogP contribution >= 0.6 is 0 Å². The van der Waals surface area contributed by atoms with Crippen LogP contribution in [0.1, 0.15) is 59.3 Å². The third-order valence-electron chi connectivity index (χ3n) is 2.16. The van der Waals surface area contributed by atoms with Crippen molar-refractivity contribution in [2.45, 2.75) is 59.3 Å². The minimum Gasteiger partial charge on any atom is -0.0991 e. The molecule has 0 aromatic heterocycles. The van der Waals surface area contributed by atoms with Gasteiger partial charge in [-0.2, -0.15) is 0 Å². The summed E-state index contributed by atoms with van der Waals surface area (Å²) in [4.78, 5) is 0. The van der Waals surface area contributed by atoms with Crippen LogP contribution in [0.3, 0.4) is 0 Å². The fourth-order valence-electron chi connectivity index (χ4n) is 1.34. The molecule has 0 spiro atoms. The molecule has 0 radical (unpaired) electrons. The average molecular weight is 208 g/mol. The first-order valence-corrected chi connectivity index (χ1v) is 6.29. The van der Waals surface area contributed by atoms with E-state index in [-0.39, 0.29) is 0 Å². The van der Waals surface area contributed by atoms with E-state index in [0.717, 1.165) is 6.42 Å². The van der Waals surface area contributed by atoms with Gasteiger partial charge in [0.2, 0.25) is 0 Å². The van der Waals surface area contributed by atoms with E-state index in [1.165, 1.54) is 37.7 Å². The standard InChI is InChI=1S/C13H22.C2H6/c1-4-7-8-9-10-12-13(6-3)11-5-2;1-2/h5-6,11H,2-4,7-10,12H2,1H3;1-2H3/b13-11+;. The highest BCUT2D eigenvalue weighted by Gasteiger charge is 1.91. The molecule has 0 aliphatic rings. The summed E-state index contributed by atoms with van der Waals surface area (Å²) in [5, 5.41) is 0. The molecule has 15 heavy (non-hydrogen) atoms. The molecule has 0 aliphatic heterocycles. The van der Waals surface area contributed by atoms with Crippen molar-refractivity contribution in [1.82, 2.24) is 0 Å². The summed E-state index contributed by atoms with van der Waals surface area (Å²) in [5.41, 5.74) is 1.31. The van der Waals surface area contributed by atoms with Crippen LogP contribution in [0.2, 0.25) is 0 Å². The van der Waals surface area contributed by atoms with Crippen LogP contribution in [0.5, 0.6) is 0 Å². The maximum Gasteiger partial charge on any atom is -0.0279 e. The molecule has 0 N–H and O–H groups in total. The molecule has 0 atom stereocenters. The number of hydrogen-bond donors (Lipinski definition) is 0. The van der Waals surface area contributed by atoms with Gasteiger partial charge in [-0.3, -0.25) is 0 Å². The molecule has 0 bridgehead atoms. The molecule has 0 unspecified atom stereocenters. The molecule has 0 aliphatic carbocycles. The summed E-state index contributed by atoms with van der Waals surface area (Å²) < 4.78 is 0. The van der Waals surface area contributed by atoms with Gasteiger partial charge in [0.05, 0.1) is 0 Å². The van der Waals surface area contributed by atoms with E-state index in [0.29, 0.717) is 0 Å². The molecule has 0 heteroatoms. The SMILES string of the molecule is C=C/C=C(\C=C)CCCCCCC.CC. The van der Waals surface area contributed by atoms with Gasteiger partial charge in [-0.15, -0.1) is 0 Å². The van der Waals surface area contributed by atoms with E-state index in [4.69, 9.17) is 0 Å². The van der Waals surface area contributed by atoms with Gasteiger partial charge < -0.3 is 0 Å². The van der Waals surface area contributed by atoms with Crippen LogP contribution in [-0.4, -0.2) is 0 Å². The van der Waals surface area contributed by atoms with Crippen molar-refractivity contribution in [2.24, 2.45) is 0 Å². The molecule has 0 amide bonds. The molecule has 0 aromatic carbocycles. The van der Waals surface area contributed by atoms with Crippen LogP contribution in [0.25, 0.3) is 0 Å². The van der Waals surface area contributed by atoms with Gasteiger partial charge in [0.25, 0.3) is 0 Å². The van der Waals surface area contributed by atoms with Crippen molar-refractivity contribution in [2.75, 3.05) is 0 Å². The van der Waals surface area contributed by atoms with E-state index >= 15 is 0 Å². The third-order valence-corrected chi connectivity index (χ3v) is 2.16. The third kappa shape index (κ3) is 13.2. The summed E-state index contributed by atoms with van der Waals surface area (Å²) in [6, 6.07) is 0. The van der Waals surface area contributed by atoms with Crippen molar-refractivity contribution in [3.05, 3.63) is 37.0 Å². The molecular formula is C15H28. The molecule has 88 valence electrons. The second-order valence-electron chi connectivity index (χ2n) is 3.35. The Morgan fingerprint density at radius 2 is 1.60 bits per heavy atom. The van der Waals surface area contributed by atoms with Gasteiger partial charge in [0.1, 0.15) is 0 Å². The molecule has 0 heterocycles. The van der Waals surface area contributed by atoms with E-state index in [1.807, 2.05) is 32.1 Å². The highest BCUT2D eigenvalue weighted by Crippen LogP contribution is 2.11. The van der Waals surface area contributed by atoms with Crippen LogP contribution in [-0.2, 0) is 0 Å². The highest BCUT2D eigenvalue weighted by molar-refractivity contribution is 5.20. The largest absolute Gasteiger partial charge is 0.0991 e. The predicted octanol–water partition coefficient (Wildman–Crippen LogP) is 5.67. The van der Waals surface area contributed by atoms with E-state index in [9.17, 15) is 0 Å². The maximum atomic E-state index is 3.78. The maximum absolute atomic E-state index is 3.78. The lowest BCUT2D eigenvalue weighted by Gasteiger charge is -2.00. The van der Waals surface area contributed by atoms with Crippen molar-refractivity contribution in [3.8, 4) is 0 Å². The first-order valence-electron chi connectivity index (χ1n) is 6.29. The fraction of sp³-hybridized carbons (Fsp3) is 0.600. The van der Waals surface area contributed by atoms with Gasteiger partial charge in [0, 0.05) is 0 Å². The molecule has 0 aromatic rings. The smallest absolute Gasteiger partial charge is 0.0279 e. The molecule has 0 saturated carbocycles. The van der Waals surface area contributed by atoms with E-state index in [2.05, 4.69) is 20.1 Å². The normalized spacial score (nSPS) is 10.2. The van der Waals surface area contributed by atoms with Gasteiger partial charge in [-0.1, -0.05) is 77.8 Å². The lowest BCUT2D eigenvalue weighted by atomic mass is 10.1. The Morgan fingerprint density at radius 3 is 2.07 bits per heavy atom. The van der Waals surface area contributed by atoms with Crippen LogP contribution in [0.15, 0.2) is 37.0 Å². The molecule has 0 saturated heterocycles. The number of rotatable bonds is 8. The van der Waals surface area contributed by atoms with Gasteiger partial charge >= 0.3 is 0 Å². The average Bonchev–Trinajstić information content (AvgIpc) is 2.30.